The van der Waals surface area contributed by atoms with Crippen LogP contribution in [0.1, 0.15) is 16.1 Å². The van der Waals surface area contributed by atoms with Crippen molar-refractivity contribution in [3.05, 3.63) is 114 Å². The van der Waals surface area contributed by atoms with Crippen LogP contribution in [-0.2, 0) is 6.54 Å². The number of hydrogen-bond acceptors (Lipinski definition) is 4. The SMILES string of the molecule is O=C(c1cc(-c2ccccc2F)nc2cc(-c3ccccc3)nn12)N1CCN(Cc2ccccc2)CC1. The smallest absolute Gasteiger partial charge is 0.272 e. The molecule has 3 aromatic carbocycles. The number of aromatic nitrogens is 3. The first-order chi connectivity index (χ1) is 18.2. The number of halogens is 1. The lowest BCUT2D eigenvalue weighted by Gasteiger charge is -2.34. The molecule has 1 aliphatic rings. The molecule has 0 aliphatic carbocycles. The van der Waals surface area contributed by atoms with E-state index < -0.39 is 0 Å². The van der Waals surface area contributed by atoms with Gasteiger partial charge >= 0.3 is 0 Å². The van der Waals surface area contributed by atoms with Gasteiger partial charge in [0.15, 0.2) is 5.65 Å². The molecule has 5 aromatic rings. The van der Waals surface area contributed by atoms with Crippen molar-refractivity contribution in [1.29, 1.82) is 0 Å². The molecular weight excluding hydrogens is 465 g/mol. The standard InChI is InChI=1S/C30H26FN5O/c31-25-14-8-7-13-24(25)27-19-28(36-29(32-27)20-26(33-36)23-11-5-2-6-12-23)30(37)35-17-15-34(16-18-35)21-22-9-3-1-4-10-22/h1-14,19-20H,15-18,21H2. The largest absolute Gasteiger partial charge is 0.335 e. The number of fused-ring (bicyclic) bond motifs is 1. The molecule has 1 amide bonds. The van der Waals surface area contributed by atoms with Crippen LogP contribution < -0.4 is 0 Å². The molecule has 3 heterocycles. The number of piperazine rings is 1. The van der Waals surface area contributed by atoms with Crippen LogP contribution in [-0.4, -0.2) is 56.5 Å². The van der Waals surface area contributed by atoms with E-state index in [1.165, 1.54) is 11.6 Å². The summed E-state index contributed by atoms with van der Waals surface area (Å²) in [5.41, 5.74) is 4.55. The average Bonchev–Trinajstić information content (AvgIpc) is 3.38. The van der Waals surface area contributed by atoms with Crippen molar-refractivity contribution >= 4 is 11.6 Å². The number of carbonyl (C=O) groups is 1. The Balaban J connectivity index is 1.33. The predicted octanol–water partition coefficient (Wildman–Crippen LogP) is 5.16. The molecule has 0 atom stereocenters. The summed E-state index contributed by atoms with van der Waals surface area (Å²) in [7, 11) is 0. The van der Waals surface area contributed by atoms with Crippen LogP contribution >= 0.6 is 0 Å². The van der Waals surface area contributed by atoms with E-state index >= 15 is 0 Å². The highest BCUT2D eigenvalue weighted by molar-refractivity contribution is 5.94. The molecule has 0 saturated carbocycles. The van der Waals surface area contributed by atoms with E-state index in [1.807, 2.05) is 59.5 Å². The Morgan fingerprint density at radius 1 is 0.784 bits per heavy atom. The molecule has 2 aromatic heterocycles. The van der Waals surface area contributed by atoms with E-state index in [-0.39, 0.29) is 11.7 Å². The number of carbonyl (C=O) groups excluding carboxylic acids is 1. The first-order valence-corrected chi connectivity index (χ1v) is 12.4. The molecule has 1 saturated heterocycles. The normalized spacial score (nSPS) is 14.2. The topological polar surface area (TPSA) is 53.7 Å². The number of benzene rings is 3. The average molecular weight is 492 g/mol. The zero-order valence-corrected chi connectivity index (χ0v) is 20.3. The summed E-state index contributed by atoms with van der Waals surface area (Å²) in [6, 6.07) is 30.1. The maximum Gasteiger partial charge on any atom is 0.272 e. The Kier molecular flexibility index (Phi) is 6.20. The van der Waals surface area contributed by atoms with E-state index in [4.69, 9.17) is 5.10 Å². The molecule has 6 rings (SSSR count). The Morgan fingerprint density at radius 3 is 2.19 bits per heavy atom. The van der Waals surface area contributed by atoms with Crippen LogP contribution in [0.25, 0.3) is 28.2 Å². The van der Waals surface area contributed by atoms with Crippen LogP contribution in [0.15, 0.2) is 97.1 Å². The molecule has 37 heavy (non-hydrogen) atoms. The van der Waals surface area contributed by atoms with Gasteiger partial charge in [-0.05, 0) is 23.8 Å². The summed E-state index contributed by atoms with van der Waals surface area (Å²) in [6.45, 7) is 3.64. The highest BCUT2D eigenvalue weighted by atomic mass is 19.1. The second-order valence-corrected chi connectivity index (χ2v) is 9.23. The van der Waals surface area contributed by atoms with E-state index in [9.17, 15) is 9.18 Å². The van der Waals surface area contributed by atoms with Crippen molar-refractivity contribution in [3.63, 3.8) is 0 Å². The van der Waals surface area contributed by atoms with Crippen molar-refractivity contribution in [2.75, 3.05) is 26.2 Å². The van der Waals surface area contributed by atoms with Gasteiger partial charge in [0.1, 0.15) is 11.5 Å². The number of amides is 1. The number of nitrogens with zero attached hydrogens (tertiary/aromatic N) is 5. The molecule has 0 spiro atoms. The lowest BCUT2D eigenvalue weighted by molar-refractivity contribution is 0.0620. The van der Waals surface area contributed by atoms with Gasteiger partial charge in [0, 0.05) is 49.9 Å². The van der Waals surface area contributed by atoms with Crippen LogP contribution in [0.3, 0.4) is 0 Å². The minimum Gasteiger partial charge on any atom is -0.335 e. The molecule has 0 unspecified atom stereocenters. The van der Waals surface area contributed by atoms with Crippen molar-refractivity contribution in [2.24, 2.45) is 0 Å². The maximum atomic E-state index is 14.7. The molecule has 1 aliphatic heterocycles. The Hall–Kier alpha value is -4.36. The van der Waals surface area contributed by atoms with Gasteiger partial charge in [-0.3, -0.25) is 9.69 Å². The fourth-order valence-corrected chi connectivity index (χ4v) is 4.80. The van der Waals surface area contributed by atoms with Gasteiger partial charge in [-0.2, -0.15) is 5.10 Å². The lowest BCUT2D eigenvalue weighted by Crippen LogP contribution is -2.48. The third-order valence-electron chi connectivity index (χ3n) is 6.77. The van der Waals surface area contributed by atoms with Gasteiger partial charge in [-0.25, -0.2) is 13.9 Å². The summed E-state index contributed by atoms with van der Waals surface area (Å²) in [5, 5.41) is 4.73. The maximum absolute atomic E-state index is 14.7. The summed E-state index contributed by atoms with van der Waals surface area (Å²) < 4.78 is 16.3. The minimum atomic E-state index is -0.380. The van der Waals surface area contributed by atoms with Gasteiger partial charge in [0.05, 0.1) is 11.4 Å². The second-order valence-electron chi connectivity index (χ2n) is 9.23. The highest BCUT2D eigenvalue weighted by Gasteiger charge is 2.26. The minimum absolute atomic E-state index is 0.132. The van der Waals surface area contributed by atoms with Gasteiger partial charge in [0.2, 0.25) is 0 Å². The van der Waals surface area contributed by atoms with E-state index in [1.54, 1.807) is 28.8 Å². The fourth-order valence-electron chi connectivity index (χ4n) is 4.80. The molecule has 6 nitrogen and oxygen atoms in total. The number of rotatable bonds is 5. The third-order valence-corrected chi connectivity index (χ3v) is 6.77. The monoisotopic (exact) mass is 491 g/mol. The predicted molar refractivity (Wildman–Crippen MR) is 141 cm³/mol. The summed E-state index contributed by atoms with van der Waals surface area (Å²) in [5.74, 6) is -0.512. The summed E-state index contributed by atoms with van der Waals surface area (Å²) >= 11 is 0. The van der Waals surface area contributed by atoms with E-state index in [2.05, 4.69) is 22.0 Å². The summed E-state index contributed by atoms with van der Waals surface area (Å²) in [6.07, 6.45) is 0. The van der Waals surface area contributed by atoms with E-state index in [0.29, 0.717) is 41.4 Å². The highest BCUT2D eigenvalue weighted by Crippen LogP contribution is 2.26. The molecule has 0 N–H and O–H groups in total. The first kappa shape index (κ1) is 23.1. The third kappa shape index (κ3) is 4.73. The molecule has 7 heteroatoms. The fraction of sp³-hybridized carbons (Fsp3) is 0.167. The molecule has 0 bridgehead atoms. The second kappa shape index (κ2) is 9.95. The first-order valence-electron chi connectivity index (χ1n) is 12.4. The zero-order valence-electron chi connectivity index (χ0n) is 20.3. The van der Waals surface area contributed by atoms with Crippen molar-refractivity contribution in [1.82, 2.24) is 24.4 Å². The van der Waals surface area contributed by atoms with Gasteiger partial charge in [0.25, 0.3) is 5.91 Å². The lowest BCUT2D eigenvalue weighted by atomic mass is 10.1. The molecule has 1 fully saturated rings. The quantitative estimate of drug-likeness (QED) is 0.341. The van der Waals surface area contributed by atoms with Crippen LogP contribution in [0, 0.1) is 5.82 Å². The molecule has 184 valence electrons. The van der Waals surface area contributed by atoms with Crippen molar-refractivity contribution in [2.45, 2.75) is 6.54 Å². The number of hydrogen-bond donors (Lipinski definition) is 0. The molecule has 0 radical (unpaired) electrons. The van der Waals surface area contributed by atoms with Crippen LogP contribution in [0.5, 0.6) is 0 Å². The van der Waals surface area contributed by atoms with Gasteiger partial charge in [-0.15, -0.1) is 0 Å². The van der Waals surface area contributed by atoms with Gasteiger partial charge in [-0.1, -0.05) is 72.8 Å². The van der Waals surface area contributed by atoms with Crippen LogP contribution in [0.4, 0.5) is 4.39 Å². The van der Waals surface area contributed by atoms with E-state index in [0.717, 1.165) is 25.2 Å². The Morgan fingerprint density at radius 2 is 1.46 bits per heavy atom. The van der Waals surface area contributed by atoms with Gasteiger partial charge < -0.3 is 4.90 Å². The Bertz CT molecular complexity index is 1540. The molecular formula is C30H26FN5O. The zero-order chi connectivity index (χ0) is 25.2. The van der Waals surface area contributed by atoms with Crippen molar-refractivity contribution < 1.29 is 9.18 Å². The Labute approximate surface area is 214 Å². The van der Waals surface area contributed by atoms with Crippen LogP contribution in [0.2, 0.25) is 0 Å². The van der Waals surface area contributed by atoms with Crippen molar-refractivity contribution in [3.8, 4) is 22.5 Å². The summed E-state index contributed by atoms with van der Waals surface area (Å²) in [4.78, 5) is 22.7.